The van der Waals surface area contributed by atoms with Gasteiger partial charge in [-0.3, -0.25) is 4.79 Å². The predicted octanol–water partition coefficient (Wildman–Crippen LogP) is 1.04. The lowest BCUT2D eigenvalue weighted by Crippen LogP contribution is -2.58. The van der Waals surface area contributed by atoms with Gasteiger partial charge in [-0.15, -0.1) is 6.58 Å². The normalized spacial score (nSPS) is 35.0. The van der Waals surface area contributed by atoms with Gasteiger partial charge in [0.25, 0.3) is 0 Å². The molecule has 1 heterocycles. The molecule has 4 nitrogen and oxygen atoms in total. The van der Waals surface area contributed by atoms with Gasteiger partial charge in [0.15, 0.2) is 0 Å². The van der Waals surface area contributed by atoms with E-state index in [4.69, 9.17) is 4.74 Å². The molecular weight excluding hydrogens is 218 g/mol. The molecule has 0 bridgehead atoms. The Hall–Kier alpha value is -1.58. The molecule has 0 unspecified atom stereocenters. The summed E-state index contributed by atoms with van der Waals surface area (Å²) in [5.41, 5.74) is 0. The van der Waals surface area contributed by atoms with E-state index in [0.717, 1.165) is 6.42 Å². The van der Waals surface area contributed by atoms with Crippen molar-refractivity contribution < 1.29 is 14.3 Å². The maximum Gasteiger partial charge on any atom is 0.330 e. The molecule has 0 aromatic heterocycles. The third-order valence-electron chi connectivity index (χ3n) is 3.53. The summed E-state index contributed by atoms with van der Waals surface area (Å²) < 4.78 is 4.82. The minimum Gasteiger partial charge on any atom is -0.463 e. The van der Waals surface area contributed by atoms with E-state index < -0.39 is 0 Å². The summed E-state index contributed by atoms with van der Waals surface area (Å²) >= 11 is 0. The number of esters is 1. The molecule has 1 N–H and O–H groups in total. The van der Waals surface area contributed by atoms with Crippen LogP contribution >= 0.6 is 0 Å². The Bertz CT molecular complexity index is 375. The first kappa shape index (κ1) is 11.9. The maximum absolute atomic E-state index is 11.4. The zero-order valence-electron chi connectivity index (χ0n) is 9.89. The van der Waals surface area contributed by atoms with Gasteiger partial charge in [0, 0.05) is 12.1 Å². The number of carbonyl (C=O) groups is 2. The van der Waals surface area contributed by atoms with E-state index in [-0.39, 0.29) is 35.7 Å². The number of β-lactam (4-membered cyclic amide) rings is 1. The third kappa shape index (κ3) is 2.12. The van der Waals surface area contributed by atoms with Crippen LogP contribution in [-0.2, 0) is 14.3 Å². The summed E-state index contributed by atoms with van der Waals surface area (Å²) in [4.78, 5) is 22.6. The molecule has 0 radical (unpaired) electrons. The molecule has 1 saturated carbocycles. The molecule has 92 valence electrons. The van der Waals surface area contributed by atoms with Crippen LogP contribution in [0.15, 0.2) is 24.8 Å². The maximum atomic E-state index is 11.4. The topological polar surface area (TPSA) is 55.4 Å². The molecule has 2 rings (SSSR count). The largest absolute Gasteiger partial charge is 0.463 e. The summed E-state index contributed by atoms with van der Waals surface area (Å²) in [6, 6.07) is 0.163. The predicted molar refractivity (Wildman–Crippen MR) is 63.0 cm³/mol. The fourth-order valence-corrected chi connectivity index (χ4v) is 2.69. The Morgan fingerprint density at radius 2 is 2.35 bits per heavy atom. The number of hydrogen-bond donors (Lipinski definition) is 1. The first-order chi connectivity index (χ1) is 8.17. The molecule has 2 aliphatic rings. The first-order valence-electron chi connectivity index (χ1n) is 5.95. The van der Waals surface area contributed by atoms with Crippen LogP contribution in [0, 0.1) is 17.8 Å². The molecule has 2 fully saturated rings. The zero-order valence-corrected chi connectivity index (χ0v) is 9.89. The molecule has 0 aromatic rings. The average Bonchev–Trinajstić information content (AvgIpc) is 2.59. The molecule has 17 heavy (non-hydrogen) atoms. The number of carbonyl (C=O) groups excluding carboxylic acids is 2. The van der Waals surface area contributed by atoms with Crippen molar-refractivity contribution in [1.29, 1.82) is 0 Å². The van der Waals surface area contributed by atoms with Crippen LogP contribution in [0.2, 0.25) is 0 Å². The van der Waals surface area contributed by atoms with Crippen LogP contribution in [0.4, 0.5) is 0 Å². The number of amides is 1. The molecule has 0 spiro atoms. The summed E-state index contributed by atoms with van der Waals surface area (Å²) in [6.07, 6.45) is 6.02. The van der Waals surface area contributed by atoms with Gasteiger partial charge in [-0.05, 0) is 25.2 Å². The Morgan fingerprint density at radius 1 is 1.59 bits per heavy atom. The number of hydrogen-bond acceptors (Lipinski definition) is 3. The van der Waals surface area contributed by atoms with Crippen LogP contribution in [-0.4, -0.2) is 24.5 Å². The lowest BCUT2D eigenvalue weighted by Gasteiger charge is -2.35. The highest BCUT2D eigenvalue weighted by atomic mass is 16.5. The minimum atomic E-state index is -0.322. The van der Waals surface area contributed by atoms with Crippen LogP contribution < -0.4 is 5.32 Å². The summed E-state index contributed by atoms with van der Waals surface area (Å²) in [7, 11) is 0. The number of ether oxygens (including phenoxy) is 1. The highest BCUT2D eigenvalue weighted by molar-refractivity contribution is 5.87. The van der Waals surface area contributed by atoms with Crippen LogP contribution in [0.5, 0.6) is 0 Å². The second-order valence-corrected chi connectivity index (χ2v) is 4.47. The fourth-order valence-electron chi connectivity index (χ4n) is 2.69. The second kappa shape index (κ2) is 4.73. The van der Waals surface area contributed by atoms with Gasteiger partial charge >= 0.3 is 5.97 Å². The Morgan fingerprint density at radius 3 is 2.88 bits per heavy atom. The SMILES string of the molecule is C=C[C@H]1C[C@@H](/C=C/C(=O)OCC)[C@@H]2NC(=O)[C@@H]21. The van der Waals surface area contributed by atoms with E-state index in [0.29, 0.717) is 6.61 Å². The lowest BCUT2D eigenvalue weighted by molar-refractivity contribution is -0.137. The lowest BCUT2D eigenvalue weighted by atomic mass is 9.85. The molecule has 1 aliphatic heterocycles. The molecule has 4 heteroatoms. The summed E-state index contributed by atoms with van der Waals surface area (Å²) in [5, 5.41) is 2.88. The fraction of sp³-hybridized carbons (Fsp3) is 0.538. The van der Waals surface area contributed by atoms with Crippen molar-refractivity contribution in [2.75, 3.05) is 6.61 Å². The monoisotopic (exact) mass is 235 g/mol. The standard InChI is InChI=1S/C13H17NO3/c1-3-8-7-9(5-6-10(15)17-4-2)12-11(8)13(16)14-12/h3,5-6,8-9,11-12H,1,4,7H2,2H3,(H,14,16)/b6-5+/t8-,9+,11+,12-/m0/s1. The van der Waals surface area contributed by atoms with Crippen molar-refractivity contribution in [3.63, 3.8) is 0 Å². The van der Waals surface area contributed by atoms with Gasteiger partial charge in [-0.2, -0.15) is 0 Å². The van der Waals surface area contributed by atoms with Gasteiger partial charge in [0.1, 0.15) is 0 Å². The van der Waals surface area contributed by atoms with Gasteiger partial charge in [-0.25, -0.2) is 4.79 Å². The van der Waals surface area contributed by atoms with Crippen molar-refractivity contribution in [3.05, 3.63) is 24.8 Å². The van der Waals surface area contributed by atoms with E-state index in [9.17, 15) is 9.59 Å². The Kier molecular flexibility index (Phi) is 3.31. The van der Waals surface area contributed by atoms with Gasteiger partial charge in [-0.1, -0.05) is 12.2 Å². The number of rotatable bonds is 4. The van der Waals surface area contributed by atoms with Crippen molar-refractivity contribution >= 4 is 11.9 Å². The number of allylic oxidation sites excluding steroid dienone is 1. The highest BCUT2D eigenvalue weighted by Gasteiger charge is 2.52. The smallest absolute Gasteiger partial charge is 0.330 e. The van der Waals surface area contributed by atoms with Crippen LogP contribution in [0.3, 0.4) is 0 Å². The van der Waals surface area contributed by atoms with E-state index >= 15 is 0 Å². The van der Waals surface area contributed by atoms with E-state index in [1.165, 1.54) is 6.08 Å². The highest BCUT2D eigenvalue weighted by Crippen LogP contribution is 2.43. The van der Waals surface area contributed by atoms with E-state index in [1.807, 2.05) is 12.2 Å². The van der Waals surface area contributed by atoms with Crippen molar-refractivity contribution in [2.45, 2.75) is 19.4 Å². The molecule has 0 aromatic carbocycles. The molecular formula is C13H17NO3. The third-order valence-corrected chi connectivity index (χ3v) is 3.53. The van der Waals surface area contributed by atoms with Crippen molar-refractivity contribution in [2.24, 2.45) is 17.8 Å². The molecule has 1 aliphatic carbocycles. The molecule has 1 saturated heterocycles. The van der Waals surface area contributed by atoms with Crippen molar-refractivity contribution in [1.82, 2.24) is 5.32 Å². The quantitative estimate of drug-likeness (QED) is 0.343. The Labute approximate surface area is 101 Å². The second-order valence-electron chi connectivity index (χ2n) is 4.47. The molecule has 1 amide bonds. The van der Waals surface area contributed by atoms with Crippen molar-refractivity contribution in [3.8, 4) is 0 Å². The van der Waals surface area contributed by atoms with Crippen LogP contribution in [0.1, 0.15) is 13.3 Å². The zero-order chi connectivity index (χ0) is 12.4. The van der Waals surface area contributed by atoms with E-state index in [2.05, 4.69) is 11.9 Å². The Balaban J connectivity index is 1.97. The number of fused-ring (bicyclic) bond motifs is 1. The minimum absolute atomic E-state index is 0.0457. The number of nitrogens with one attached hydrogen (secondary N) is 1. The van der Waals surface area contributed by atoms with Gasteiger partial charge < -0.3 is 10.1 Å². The molecule has 4 atom stereocenters. The van der Waals surface area contributed by atoms with E-state index in [1.54, 1.807) is 6.92 Å². The van der Waals surface area contributed by atoms with Gasteiger partial charge in [0.2, 0.25) is 5.91 Å². The summed E-state index contributed by atoms with van der Waals surface area (Å²) in [5.74, 6) is 0.267. The average molecular weight is 235 g/mol. The first-order valence-corrected chi connectivity index (χ1v) is 5.95. The summed E-state index contributed by atoms with van der Waals surface area (Å²) in [6.45, 7) is 5.92. The van der Waals surface area contributed by atoms with Gasteiger partial charge in [0.05, 0.1) is 12.5 Å². The van der Waals surface area contributed by atoms with Crippen LogP contribution in [0.25, 0.3) is 0 Å².